The smallest absolute Gasteiger partial charge is 0.158 e. The van der Waals surface area contributed by atoms with Crippen LogP contribution in [-0.2, 0) is 17.8 Å². The Morgan fingerprint density at radius 3 is 2.45 bits per heavy atom. The summed E-state index contributed by atoms with van der Waals surface area (Å²) in [6.45, 7) is 15.3. The maximum atomic E-state index is 5.94. The van der Waals surface area contributed by atoms with Gasteiger partial charge in [0.25, 0.3) is 0 Å². The van der Waals surface area contributed by atoms with Gasteiger partial charge in [0.1, 0.15) is 6.10 Å². The number of hydrogen-bond donors (Lipinski definition) is 1. The molecule has 0 bridgehead atoms. The van der Waals surface area contributed by atoms with Crippen LogP contribution in [0.2, 0.25) is 0 Å². The van der Waals surface area contributed by atoms with Gasteiger partial charge in [0, 0.05) is 25.3 Å². The molecular formula is C16H27N3O. The van der Waals surface area contributed by atoms with E-state index in [0.717, 1.165) is 24.6 Å². The molecule has 20 heavy (non-hydrogen) atoms. The van der Waals surface area contributed by atoms with Crippen LogP contribution < -0.4 is 5.32 Å². The molecule has 0 radical (unpaired) electrons. The fraction of sp³-hybridized carbons (Fsp3) is 0.750. The Labute approximate surface area is 122 Å². The summed E-state index contributed by atoms with van der Waals surface area (Å²) in [7, 11) is 0. The fourth-order valence-electron chi connectivity index (χ4n) is 2.69. The Hall–Kier alpha value is -1.00. The standard InChI is InChI=1S/C16H27N3O/c1-7-20-14(16(4,5)6)15-18-12-9-17-8-11(12)13(19-15)10(2)3/h10,14,17H,7-9H2,1-6H3. The Kier molecular flexibility index (Phi) is 4.45. The zero-order chi connectivity index (χ0) is 14.9. The number of nitrogens with zero attached hydrogens (tertiary/aromatic N) is 2. The van der Waals surface area contributed by atoms with Crippen molar-refractivity contribution >= 4 is 0 Å². The lowest BCUT2D eigenvalue weighted by Gasteiger charge is -2.30. The Bertz CT molecular complexity index is 477. The van der Waals surface area contributed by atoms with E-state index in [-0.39, 0.29) is 11.5 Å². The van der Waals surface area contributed by atoms with Crippen LogP contribution in [0.15, 0.2) is 0 Å². The van der Waals surface area contributed by atoms with E-state index in [1.54, 1.807) is 0 Å². The summed E-state index contributed by atoms with van der Waals surface area (Å²) in [6, 6.07) is 0. The van der Waals surface area contributed by atoms with Crippen LogP contribution in [0.4, 0.5) is 0 Å². The first kappa shape index (κ1) is 15.4. The molecule has 0 saturated heterocycles. The molecule has 1 unspecified atom stereocenters. The first-order valence-electron chi connectivity index (χ1n) is 7.56. The van der Waals surface area contributed by atoms with Crippen molar-refractivity contribution in [3.63, 3.8) is 0 Å². The van der Waals surface area contributed by atoms with Gasteiger partial charge in [0.15, 0.2) is 5.82 Å². The maximum absolute atomic E-state index is 5.94. The van der Waals surface area contributed by atoms with Gasteiger partial charge in [0.2, 0.25) is 0 Å². The molecule has 0 amide bonds. The van der Waals surface area contributed by atoms with Gasteiger partial charge >= 0.3 is 0 Å². The number of aromatic nitrogens is 2. The minimum Gasteiger partial charge on any atom is -0.370 e. The predicted octanol–water partition coefficient (Wildman–Crippen LogP) is 3.33. The van der Waals surface area contributed by atoms with E-state index in [1.807, 2.05) is 6.92 Å². The van der Waals surface area contributed by atoms with Gasteiger partial charge < -0.3 is 10.1 Å². The molecule has 1 aromatic rings. The summed E-state index contributed by atoms with van der Waals surface area (Å²) in [4.78, 5) is 9.64. The molecule has 2 rings (SSSR count). The molecule has 1 N–H and O–H groups in total. The van der Waals surface area contributed by atoms with Crippen molar-refractivity contribution in [2.45, 2.75) is 66.7 Å². The van der Waals surface area contributed by atoms with Crippen LogP contribution in [0.25, 0.3) is 0 Å². The quantitative estimate of drug-likeness (QED) is 0.917. The summed E-state index contributed by atoms with van der Waals surface area (Å²) in [6.07, 6.45) is -0.0594. The van der Waals surface area contributed by atoms with Crippen LogP contribution in [0, 0.1) is 5.41 Å². The predicted molar refractivity (Wildman–Crippen MR) is 80.5 cm³/mol. The normalized spacial score (nSPS) is 16.6. The highest BCUT2D eigenvalue weighted by Gasteiger charge is 2.31. The van der Waals surface area contributed by atoms with Crippen molar-refractivity contribution in [3.8, 4) is 0 Å². The highest BCUT2D eigenvalue weighted by Crippen LogP contribution is 2.36. The van der Waals surface area contributed by atoms with E-state index in [4.69, 9.17) is 14.7 Å². The van der Waals surface area contributed by atoms with E-state index in [2.05, 4.69) is 39.9 Å². The van der Waals surface area contributed by atoms with Crippen LogP contribution in [-0.4, -0.2) is 16.6 Å². The molecule has 0 aromatic carbocycles. The lowest BCUT2D eigenvalue weighted by molar-refractivity contribution is -0.0194. The molecule has 4 heteroatoms. The SMILES string of the molecule is CCOC(c1nc2c(c(C(C)C)n1)CNC2)C(C)(C)C. The molecule has 2 heterocycles. The average molecular weight is 277 g/mol. The molecule has 1 aliphatic heterocycles. The van der Waals surface area contributed by atoms with Gasteiger partial charge in [-0.05, 0) is 18.3 Å². The summed E-state index contributed by atoms with van der Waals surface area (Å²) >= 11 is 0. The molecule has 4 nitrogen and oxygen atoms in total. The summed E-state index contributed by atoms with van der Waals surface area (Å²) in [5.74, 6) is 1.25. The Morgan fingerprint density at radius 2 is 1.90 bits per heavy atom. The number of hydrogen-bond acceptors (Lipinski definition) is 4. The first-order chi connectivity index (χ1) is 9.34. The Balaban J connectivity index is 2.48. The third-order valence-electron chi connectivity index (χ3n) is 3.64. The van der Waals surface area contributed by atoms with E-state index >= 15 is 0 Å². The largest absolute Gasteiger partial charge is 0.370 e. The summed E-state index contributed by atoms with van der Waals surface area (Å²) in [5, 5.41) is 3.38. The lowest BCUT2D eigenvalue weighted by atomic mass is 9.88. The van der Waals surface area contributed by atoms with Crippen molar-refractivity contribution in [2.24, 2.45) is 5.41 Å². The maximum Gasteiger partial charge on any atom is 0.158 e. The minimum atomic E-state index is -0.0594. The topological polar surface area (TPSA) is 47.0 Å². The molecule has 0 saturated carbocycles. The van der Waals surface area contributed by atoms with E-state index in [0.29, 0.717) is 12.5 Å². The molecule has 1 atom stereocenters. The zero-order valence-corrected chi connectivity index (χ0v) is 13.6. The van der Waals surface area contributed by atoms with Crippen molar-refractivity contribution in [3.05, 3.63) is 22.8 Å². The third kappa shape index (κ3) is 3.01. The summed E-state index contributed by atoms with van der Waals surface area (Å²) < 4.78 is 5.94. The van der Waals surface area contributed by atoms with E-state index < -0.39 is 0 Å². The van der Waals surface area contributed by atoms with Gasteiger partial charge in [0.05, 0.1) is 11.4 Å². The molecule has 0 fully saturated rings. The molecule has 0 aliphatic carbocycles. The van der Waals surface area contributed by atoms with Gasteiger partial charge in [-0.3, -0.25) is 0 Å². The molecule has 1 aliphatic rings. The van der Waals surface area contributed by atoms with Crippen LogP contribution in [0.3, 0.4) is 0 Å². The second-order valence-electron chi connectivity index (χ2n) is 6.85. The molecule has 112 valence electrons. The number of rotatable bonds is 4. The number of nitrogens with one attached hydrogen (secondary N) is 1. The lowest BCUT2D eigenvalue weighted by Crippen LogP contribution is -2.25. The van der Waals surface area contributed by atoms with Gasteiger partial charge in [-0.1, -0.05) is 34.6 Å². The Morgan fingerprint density at radius 1 is 1.20 bits per heavy atom. The molecular weight excluding hydrogens is 250 g/mol. The number of fused-ring (bicyclic) bond motifs is 1. The van der Waals surface area contributed by atoms with Crippen molar-refractivity contribution < 1.29 is 4.74 Å². The van der Waals surface area contributed by atoms with E-state index in [9.17, 15) is 0 Å². The van der Waals surface area contributed by atoms with Gasteiger partial charge in [-0.2, -0.15) is 0 Å². The summed E-state index contributed by atoms with van der Waals surface area (Å²) in [5.41, 5.74) is 3.59. The third-order valence-corrected chi connectivity index (χ3v) is 3.64. The van der Waals surface area contributed by atoms with Crippen molar-refractivity contribution in [2.75, 3.05) is 6.61 Å². The van der Waals surface area contributed by atoms with Crippen molar-refractivity contribution in [1.82, 2.24) is 15.3 Å². The molecule has 1 aromatic heterocycles. The molecule has 0 spiro atoms. The fourth-order valence-corrected chi connectivity index (χ4v) is 2.69. The first-order valence-corrected chi connectivity index (χ1v) is 7.56. The second-order valence-corrected chi connectivity index (χ2v) is 6.85. The van der Waals surface area contributed by atoms with Crippen LogP contribution in [0.1, 0.15) is 76.3 Å². The zero-order valence-electron chi connectivity index (χ0n) is 13.6. The van der Waals surface area contributed by atoms with E-state index in [1.165, 1.54) is 11.3 Å². The van der Waals surface area contributed by atoms with Crippen LogP contribution >= 0.6 is 0 Å². The number of ether oxygens (including phenoxy) is 1. The van der Waals surface area contributed by atoms with Crippen molar-refractivity contribution in [1.29, 1.82) is 0 Å². The monoisotopic (exact) mass is 277 g/mol. The second kappa shape index (κ2) is 5.78. The average Bonchev–Trinajstić information content (AvgIpc) is 2.80. The minimum absolute atomic E-state index is 0.00940. The van der Waals surface area contributed by atoms with Gasteiger partial charge in [-0.25, -0.2) is 9.97 Å². The van der Waals surface area contributed by atoms with Gasteiger partial charge in [-0.15, -0.1) is 0 Å². The highest BCUT2D eigenvalue weighted by atomic mass is 16.5. The highest BCUT2D eigenvalue weighted by molar-refractivity contribution is 5.31. The van der Waals surface area contributed by atoms with Crippen LogP contribution in [0.5, 0.6) is 0 Å².